The molecule has 3 heterocycles. The molecule has 2 atom stereocenters. The van der Waals surface area contributed by atoms with Crippen LogP contribution in [-0.4, -0.2) is 69.2 Å². The van der Waals surface area contributed by atoms with Crippen molar-refractivity contribution in [3.8, 4) is 0 Å². The smallest absolute Gasteiger partial charge is 0.229 e. The normalized spacial score (nSPS) is 24.1. The van der Waals surface area contributed by atoms with Crippen molar-refractivity contribution in [2.24, 2.45) is 5.92 Å². The van der Waals surface area contributed by atoms with Crippen LogP contribution in [0.4, 0.5) is 5.13 Å². The maximum absolute atomic E-state index is 12.5. The van der Waals surface area contributed by atoms with Crippen LogP contribution in [0, 0.1) is 5.92 Å². The minimum Gasteiger partial charge on any atom is -0.396 e. The van der Waals surface area contributed by atoms with Gasteiger partial charge in [0.05, 0.1) is 6.42 Å². The van der Waals surface area contributed by atoms with Gasteiger partial charge in [-0.25, -0.2) is 0 Å². The summed E-state index contributed by atoms with van der Waals surface area (Å²) >= 11 is 1.24. The lowest BCUT2D eigenvalue weighted by Gasteiger charge is -2.47. The quantitative estimate of drug-likeness (QED) is 0.763. The summed E-state index contributed by atoms with van der Waals surface area (Å²) in [5.41, 5.74) is 5.55. The van der Waals surface area contributed by atoms with Gasteiger partial charge in [0.25, 0.3) is 0 Å². The highest BCUT2D eigenvalue weighted by Gasteiger charge is 2.40. The van der Waals surface area contributed by atoms with Gasteiger partial charge in [-0.3, -0.25) is 9.59 Å². The van der Waals surface area contributed by atoms with E-state index < -0.39 is 0 Å². The number of anilines is 1. The number of carbonyl (C=O) groups is 2. The molecule has 8 nitrogen and oxygen atoms in total. The molecule has 0 spiro atoms. The molecular formula is C15H23N5O3S. The number of aliphatic hydroxyl groups is 1. The summed E-state index contributed by atoms with van der Waals surface area (Å²) < 4.78 is 0. The van der Waals surface area contributed by atoms with Gasteiger partial charge in [-0.05, 0) is 25.2 Å². The van der Waals surface area contributed by atoms with E-state index in [1.807, 2.05) is 9.80 Å². The van der Waals surface area contributed by atoms with Crippen molar-refractivity contribution in [2.75, 3.05) is 32.0 Å². The topological polar surface area (TPSA) is 113 Å². The zero-order chi connectivity index (χ0) is 17.1. The zero-order valence-corrected chi connectivity index (χ0v) is 14.4. The van der Waals surface area contributed by atoms with E-state index in [2.05, 4.69) is 10.2 Å². The van der Waals surface area contributed by atoms with E-state index in [0.717, 1.165) is 12.8 Å². The Morgan fingerprint density at radius 2 is 2.21 bits per heavy atom. The molecule has 0 radical (unpaired) electrons. The Morgan fingerprint density at radius 3 is 2.92 bits per heavy atom. The Bertz CT molecular complexity index is 608. The number of amides is 2. The first-order valence-corrected chi connectivity index (χ1v) is 9.16. The first-order valence-electron chi connectivity index (χ1n) is 8.34. The number of fused-ring (bicyclic) bond motifs is 1. The van der Waals surface area contributed by atoms with Gasteiger partial charge in [-0.2, -0.15) is 0 Å². The summed E-state index contributed by atoms with van der Waals surface area (Å²) in [5, 5.41) is 17.7. The minimum absolute atomic E-state index is 0.0448. The molecule has 3 N–H and O–H groups in total. The molecule has 0 bridgehead atoms. The minimum atomic E-state index is 0.0448. The molecule has 0 aliphatic carbocycles. The Morgan fingerprint density at radius 1 is 1.38 bits per heavy atom. The fourth-order valence-corrected chi connectivity index (χ4v) is 4.29. The summed E-state index contributed by atoms with van der Waals surface area (Å²) in [5.74, 6) is 0.538. The van der Waals surface area contributed by atoms with Crippen LogP contribution in [0.2, 0.25) is 0 Å². The molecule has 9 heteroatoms. The van der Waals surface area contributed by atoms with Gasteiger partial charge < -0.3 is 20.6 Å². The van der Waals surface area contributed by atoms with E-state index in [1.165, 1.54) is 11.3 Å². The van der Waals surface area contributed by atoms with Crippen LogP contribution in [0.15, 0.2) is 0 Å². The summed E-state index contributed by atoms with van der Waals surface area (Å²) in [6, 6.07) is 0.194. The van der Waals surface area contributed by atoms with Gasteiger partial charge >= 0.3 is 0 Å². The monoisotopic (exact) mass is 353 g/mol. The molecule has 24 heavy (non-hydrogen) atoms. The van der Waals surface area contributed by atoms with Crippen LogP contribution < -0.4 is 5.73 Å². The molecule has 3 rings (SSSR count). The van der Waals surface area contributed by atoms with E-state index in [4.69, 9.17) is 10.8 Å². The predicted octanol–water partition coefficient (Wildman–Crippen LogP) is -0.115. The van der Waals surface area contributed by atoms with Gasteiger partial charge in [0.2, 0.25) is 16.9 Å². The van der Waals surface area contributed by atoms with E-state index >= 15 is 0 Å². The van der Waals surface area contributed by atoms with Crippen LogP contribution in [0.1, 0.15) is 30.7 Å². The third-order valence-electron chi connectivity index (χ3n) is 4.84. The van der Waals surface area contributed by atoms with Crippen molar-refractivity contribution in [3.05, 3.63) is 5.01 Å². The molecule has 2 fully saturated rings. The molecule has 2 aliphatic heterocycles. The number of likely N-dealkylation sites (tertiary alicyclic amines) is 2. The lowest BCUT2D eigenvalue weighted by Crippen LogP contribution is -2.57. The largest absolute Gasteiger partial charge is 0.396 e. The van der Waals surface area contributed by atoms with Crippen LogP contribution in [-0.2, 0) is 16.0 Å². The van der Waals surface area contributed by atoms with E-state index in [9.17, 15) is 9.59 Å². The second-order valence-corrected chi connectivity index (χ2v) is 7.46. The fraction of sp³-hybridized carbons (Fsp3) is 0.733. The van der Waals surface area contributed by atoms with Gasteiger partial charge in [-0.15, -0.1) is 10.2 Å². The SMILES string of the molecule is Nc1nnc(CC(=O)N2CC[C@@H]3[C@@H](CCC(=O)N3CCCO)C2)s1. The van der Waals surface area contributed by atoms with E-state index in [0.29, 0.717) is 48.5 Å². The number of aliphatic hydroxyl groups excluding tert-OH is 1. The fourth-order valence-electron chi connectivity index (χ4n) is 3.69. The molecule has 132 valence electrons. The number of piperidine rings is 2. The van der Waals surface area contributed by atoms with Crippen LogP contribution >= 0.6 is 11.3 Å². The van der Waals surface area contributed by atoms with Crippen LogP contribution in [0.25, 0.3) is 0 Å². The van der Waals surface area contributed by atoms with Crippen molar-refractivity contribution < 1.29 is 14.7 Å². The Labute approximate surface area is 144 Å². The Balaban J connectivity index is 1.59. The highest BCUT2D eigenvalue weighted by Crippen LogP contribution is 2.31. The first kappa shape index (κ1) is 17.1. The van der Waals surface area contributed by atoms with E-state index in [1.54, 1.807) is 0 Å². The second-order valence-electron chi connectivity index (χ2n) is 6.37. The summed E-state index contributed by atoms with van der Waals surface area (Å²) in [6.07, 6.45) is 3.00. The third kappa shape index (κ3) is 3.67. The van der Waals surface area contributed by atoms with Gasteiger partial charge in [0.1, 0.15) is 5.01 Å². The lowest BCUT2D eigenvalue weighted by atomic mass is 9.83. The van der Waals surface area contributed by atoms with Crippen LogP contribution in [0.5, 0.6) is 0 Å². The molecule has 1 aromatic heterocycles. The van der Waals surface area contributed by atoms with Crippen molar-refractivity contribution in [3.63, 3.8) is 0 Å². The van der Waals surface area contributed by atoms with Crippen molar-refractivity contribution >= 4 is 28.3 Å². The Hall–Kier alpha value is -1.74. The van der Waals surface area contributed by atoms with Crippen molar-refractivity contribution in [1.82, 2.24) is 20.0 Å². The number of aromatic nitrogens is 2. The van der Waals surface area contributed by atoms with Gasteiger partial charge in [-0.1, -0.05) is 11.3 Å². The predicted molar refractivity (Wildman–Crippen MR) is 89.2 cm³/mol. The number of carbonyl (C=O) groups excluding carboxylic acids is 2. The molecule has 2 saturated heterocycles. The summed E-state index contributed by atoms with van der Waals surface area (Å²) in [6.45, 7) is 2.03. The molecular weight excluding hydrogens is 330 g/mol. The molecule has 0 aromatic carbocycles. The van der Waals surface area contributed by atoms with Crippen LogP contribution in [0.3, 0.4) is 0 Å². The van der Waals surface area contributed by atoms with Gasteiger partial charge in [0.15, 0.2) is 0 Å². The molecule has 1 aromatic rings. The van der Waals surface area contributed by atoms with Gasteiger partial charge in [0, 0.05) is 38.7 Å². The maximum atomic E-state index is 12.5. The number of nitrogens with zero attached hydrogens (tertiary/aromatic N) is 4. The second kappa shape index (κ2) is 7.43. The molecule has 2 aliphatic rings. The number of nitrogens with two attached hydrogens (primary N) is 1. The van der Waals surface area contributed by atoms with Crippen molar-refractivity contribution in [2.45, 2.75) is 38.1 Å². The first-order chi connectivity index (χ1) is 11.6. The average molecular weight is 353 g/mol. The number of nitrogen functional groups attached to an aromatic ring is 1. The summed E-state index contributed by atoms with van der Waals surface area (Å²) in [4.78, 5) is 28.4. The number of hydrogen-bond donors (Lipinski definition) is 2. The number of rotatable bonds is 5. The molecule has 0 unspecified atom stereocenters. The highest BCUT2D eigenvalue weighted by atomic mass is 32.1. The summed E-state index contributed by atoms with van der Waals surface area (Å²) in [7, 11) is 0. The lowest BCUT2D eigenvalue weighted by molar-refractivity contribution is -0.144. The maximum Gasteiger partial charge on any atom is 0.229 e. The highest BCUT2D eigenvalue weighted by molar-refractivity contribution is 7.15. The average Bonchev–Trinajstić information content (AvgIpc) is 2.98. The van der Waals surface area contributed by atoms with Crippen molar-refractivity contribution in [1.29, 1.82) is 0 Å². The standard InChI is InChI=1S/C15H23N5O3S/c16-15-18-17-12(24-15)8-14(23)19-6-4-11-10(9-19)2-3-13(22)20(11)5-1-7-21/h10-11,21H,1-9H2,(H2,16,18)/t10-,11+/m0/s1. The number of hydrogen-bond acceptors (Lipinski definition) is 7. The third-order valence-corrected chi connectivity index (χ3v) is 5.59. The Kier molecular flexibility index (Phi) is 5.30. The molecule has 2 amide bonds. The molecule has 0 saturated carbocycles. The zero-order valence-electron chi connectivity index (χ0n) is 13.6. The van der Waals surface area contributed by atoms with E-state index in [-0.39, 0.29) is 30.9 Å².